The minimum Gasteiger partial charge on any atom is -0.433 e. The summed E-state index contributed by atoms with van der Waals surface area (Å²) in [5.74, 6) is 0. The van der Waals surface area contributed by atoms with Gasteiger partial charge in [0.25, 0.3) is 0 Å². The second kappa shape index (κ2) is 5.99. The predicted molar refractivity (Wildman–Crippen MR) is 87.3 cm³/mol. The highest BCUT2D eigenvalue weighted by Gasteiger charge is 2.53. The van der Waals surface area contributed by atoms with Crippen LogP contribution in [0, 0.1) is 0 Å². The van der Waals surface area contributed by atoms with E-state index in [1.807, 2.05) is 73.7 Å². The molecule has 0 bridgehead atoms. The molecule has 3 rings (SSSR count). The number of benzene rings is 2. The van der Waals surface area contributed by atoms with Gasteiger partial charge in [-0.1, -0.05) is 72.2 Å². The Morgan fingerprint density at radius 2 is 1.57 bits per heavy atom. The van der Waals surface area contributed by atoms with Crippen LogP contribution in [0.25, 0.3) is 0 Å². The van der Waals surface area contributed by atoms with Crippen molar-refractivity contribution in [2.24, 2.45) is 0 Å². The minimum absolute atomic E-state index is 0.382. The van der Waals surface area contributed by atoms with E-state index in [2.05, 4.69) is 0 Å². The summed E-state index contributed by atoms with van der Waals surface area (Å²) >= 11 is 0. The van der Waals surface area contributed by atoms with E-state index in [1.54, 1.807) is 6.20 Å². The highest BCUT2D eigenvalue weighted by atomic mass is 16.8. The summed E-state index contributed by atoms with van der Waals surface area (Å²) in [6.07, 6.45) is 3.21. The number of nitrogens with zero attached hydrogens (tertiary/aromatic N) is 1. The van der Waals surface area contributed by atoms with Crippen LogP contribution < -0.4 is 0 Å². The Labute approximate surface area is 135 Å². The number of quaternary nitrogens is 1. The fourth-order valence-electron chi connectivity index (χ4n) is 3.03. The van der Waals surface area contributed by atoms with Crippen LogP contribution in [0.4, 0.5) is 4.79 Å². The molecule has 0 radical (unpaired) electrons. The molecule has 1 aliphatic rings. The van der Waals surface area contributed by atoms with E-state index in [9.17, 15) is 9.90 Å². The molecule has 0 saturated heterocycles. The van der Waals surface area contributed by atoms with Crippen molar-refractivity contribution in [1.29, 1.82) is 0 Å². The average Bonchev–Trinajstić information content (AvgIpc) is 2.99. The van der Waals surface area contributed by atoms with Crippen molar-refractivity contribution < 1.29 is 19.4 Å². The van der Waals surface area contributed by atoms with Crippen LogP contribution in [0.2, 0.25) is 0 Å². The molecule has 118 valence electrons. The van der Waals surface area contributed by atoms with E-state index in [1.165, 1.54) is 0 Å². The van der Waals surface area contributed by atoms with Crippen LogP contribution in [-0.4, -0.2) is 22.4 Å². The predicted octanol–water partition coefficient (Wildman–Crippen LogP) is 4.29. The third-order valence-electron chi connectivity index (χ3n) is 4.14. The molecule has 4 heteroatoms. The van der Waals surface area contributed by atoms with Crippen molar-refractivity contribution >= 4 is 6.09 Å². The Bertz CT molecular complexity index is 672. The van der Waals surface area contributed by atoms with Crippen molar-refractivity contribution in [3.05, 3.63) is 84.1 Å². The van der Waals surface area contributed by atoms with E-state index in [0.29, 0.717) is 13.0 Å². The van der Waals surface area contributed by atoms with E-state index >= 15 is 0 Å². The molecule has 0 spiro atoms. The van der Waals surface area contributed by atoms with Crippen molar-refractivity contribution in [1.82, 2.24) is 0 Å². The zero-order valence-electron chi connectivity index (χ0n) is 13.1. The maximum absolute atomic E-state index is 11.9. The Morgan fingerprint density at radius 1 is 1.04 bits per heavy atom. The molecule has 1 amide bonds. The summed E-state index contributed by atoms with van der Waals surface area (Å²) in [7, 11) is 0. The number of carboxylic acid groups (broad SMARTS) is 1. The molecule has 2 aromatic carbocycles. The minimum atomic E-state index is -1.00. The number of hydrogen-bond acceptors (Lipinski definition) is 2. The quantitative estimate of drug-likeness (QED) is 0.857. The van der Waals surface area contributed by atoms with E-state index in [4.69, 9.17) is 4.84 Å². The van der Waals surface area contributed by atoms with Gasteiger partial charge in [0.2, 0.25) is 5.60 Å². The van der Waals surface area contributed by atoms with Gasteiger partial charge in [-0.25, -0.2) is 0 Å². The average molecular weight is 310 g/mol. The summed E-state index contributed by atoms with van der Waals surface area (Å²) in [5, 5.41) is 9.72. The fourth-order valence-corrected chi connectivity index (χ4v) is 3.03. The first-order valence-electron chi connectivity index (χ1n) is 7.76. The maximum Gasteiger partial charge on any atom is 0.552 e. The molecular weight excluding hydrogens is 290 g/mol. The van der Waals surface area contributed by atoms with Crippen molar-refractivity contribution in [2.45, 2.75) is 18.9 Å². The monoisotopic (exact) mass is 310 g/mol. The summed E-state index contributed by atoms with van der Waals surface area (Å²) in [6, 6.07) is 19.5. The van der Waals surface area contributed by atoms with Crippen LogP contribution in [0.1, 0.15) is 24.5 Å². The van der Waals surface area contributed by atoms with Gasteiger partial charge in [-0.05, 0) is 17.5 Å². The molecule has 23 heavy (non-hydrogen) atoms. The summed E-state index contributed by atoms with van der Waals surface area (Å²) in [4.78, 5) is 18.1. The van der Waals surface area contributed by atoms with Crippen LogP contribution in [0.15, 0.2) is 72.9 Å². The SMILES string of the molecule is CCC[N+]1(C(=O)O)C=CC(c2ccccc2)(c2ccccc2)O1. The Kier molecular flexibility index (Phi) is 4.03. The third kappa shape index (κ3) is 2.56. The first kappa shape index (κ1) is 15.5. The van der Waals surface area contributed by atoms with Crippen molar-refractivity contribution in [2.75, 3.05) is 6.54 Å². The number of amides is 1. The van der Waals surface area contributed by atoms with E-state index in [0.717, 1.165) is 11.1 Å². The first-order chi connectivity index (χ1) is 11.1. The summed E-state index contributed by atoms with van der Waals surface area (Å²) in [5.41, 5.74) is 0.940. The second-order valence-electron chi connectivity index (χ2n) is 5.68. The highest BCUT2D eigenvalue weighted by molar-refractivity contribution is 5.58. The smallest absolute Gasteiger partial charge is 0.433 e. The van der Waals surface area contributed by atoms with Crippen molar-refractivity contribution in [3.8, 4) is 0 Å². The Morgan fingerprint density at radius 3 is 2.00 bits per heavy atom. The molecule has 1 aliphatic heterocycles. The second-order valence-corrected chi connectivity index (χ2v) is 5.68. The van der Waals surface area contributed by atoms with Gasteiger partial charge in [0.1, 0.15) is 12.7 Å². The summed E-state index contributed by atoms with van der Waals surface area (Å²) in [6.45, 7) is 2.33. The lowest BCUT2D eigenvalue weighted by molar-refractivity contribution is -1.01. The Balaban J connectivity index is 2.14. The van der Waals surface area contributed by atoms with Crippen LogP contribution >= 0.6 is 0 Å². The van der Waals surface area contributed by atoms with Gasteiger partial charge in [0.05, 0.1) is 0 Å². The number of carbonyl (C=O) groups is 1. The maximum atomic E-state index is 11.9. The topological polar surface area (TPSA) is 46.5 Å². The number of hydroxylamine groups is 3. The molecule has 0 aromatic heterocycles. The molecule has 0 fully saturated rings. The molecule has 1 unspecified atom stereocenters. The molecule has 0 aliphatic carbocycles. The lowest BCUT2D eigenvalue weighted by Crippen LogP contribution is -2.49. The zero-order valence-corrected chi connectivity index (χ0v) is 13.1. The van der Waals surface area contributed by atoms with Gasteiger partial charge in [0.15, 0.2) is 0 Å². The molecular formula is C19H20NO3+. The van der Waals surface area contributed by atoms with Gasteiger partial charge >= 0.3 is 6.09 Å². The molecule has 4 nitrogen and oxygen atoms in total. The standard InChI is InChI=1S/C19H19NO3/c1-2-14-20(18(21)22)15-13-19(23-20,16-9-5-3-6-10-16)17-11-7-4-8-12-17/h3-13,15H,2,14H2,1H3/p+1. The Hall–Kier alpha value is -2.43. The number of hydrogen-bond donors (Lipinski definition) is 1. The van der Waals surface area contributed by atoms with Gasteiger partial charge in [-0.2, -0.15) is 9.63 Å². The van der Waals surface area contributed by atoms with E-state index < -0.39 is 16.3 Å². The molecule has 2 aromatic rings. The lowest BCUT2D eigenvalue weighted by atomic mass is 9.86. The van der Waals surface area contributed by atoms with Gasteiger partial charge < -0.3 is 5.11 Å². The van der Waals surface area contributed by atoms with Gasteiger partial charge in [-0.15, -0.1) is 0 Å². The van der Waals surface area contributed by atoms with Crippen LogP contribution in [0.3, 0.4) is 0 Å². The largest absolute Gasteiger partial charge is 0.552 e. The van der Waals surface area contributed by atoms with Crippen molar-refractivity contribution in [3.63, 3.8) is 0 Å². The lowest BCUT2D eigenvalue weighted by Gasteiger charge is -2.31. The highest BCUT2D eigenvalue weighted by Crippen LogP contribution is 2.43. The molecule has 0 saturated carbocycles. The fraction of sp³-hybridized carbons (Fsp3) is 0.211. The molecule has 1 atom stereocenters. The van der Waals surface area contributed by atoms with Gasteiger partial charge in [0, 0.05) is 6.08 Å². The van der Waals surface area contributed by atoms with E-state index in [-0.39, 0.29) is 0 Å². The molecule has 1 N–H and O–H groups in total. The normalized spacial score (nSPS) is 22.1. The zero-order chi connectivity index (χ0) is 16.3. The summed E-state index contributed by atoms with van der Waals surface area (Å²) < 4.78 is -0.514. The van der Waals surface area contributed by atoms with Crippen LogP contribution in [-0.2, 0) is 10.4 Å². The third-order valence-corrected chi connectivity index (χ3v) is 4.14. The van der Waals surface area contributed by atoms with Crippen LogP contribution in [0.5, 0.6) is 0 Å². The molecule has 1 heterocycles. The first-order valence-corrected chi connectivity index (χ1v) is 7.76. The number of rotatable bonds is 4. The van der Waals surface area contributed by atoms with Gasteiger partial charge in [-0.3, -0.25) is 0 Å².